The molecule has 13 heavy (non-hydrogen) atoms. The Bertz CT molecular complexity index is 163. The molecule has 2 rings (SSSR count). The summed E-state index contributed by atoms with van der Waals surface area (Å²) in [5.74, 6) is 0.943. The Balaban J connectivity index is 1.79. The van der Waals surface area contributed by atoms with Gasteiger partial charge in [-0.3, -0.25) is 0 Å². The summed E-state index contributed by atoms with van der Waals surface area (Å²) < 4.78 is 0. The Morgan fingerprint density at radius 2 is 1.92 bits per heavy atom. The molecule has 2 fully saturated rings. The van der Waals surface area contributed by atoms with Crippen LogP contribution in [0.15, 0.2) is 0 Å². The van der Waals surface area contributed by atoms with Crippen molar-refractivity contribution in [3.05, 3.63) is 0 Å². The summed E-state index contributed by atoms with van der Waals surface area (Å²) in [5, 5.41) is 0. The summed E-state index contributed by atoms with van der Waals surface area (Å²) in [5.41, 5.74) is 5.82. The van der Waals surface area contributed by atoms with Crippen molar-refractivity contribution in [1.82, 2.24) is 4.90 Å². The van der Waals surface area contributed by atoms with Gasteiger partial charge in [0.15, 0.2) is 0 Å². The number of hydrogen-bond donors (Lipinski definition) is 1. The molecule has 2 heteroatoms. The predicted molar refractivity (Wildman–Crippen MR) is 55.6 cm³/mol. The van der Waals surface area contributed by atoms with Gasteiger partial charge in [-0.15, -0.1) is 0 Å². The van der Waals surface area contributed by atoms with Crippen LogP contribution in [0, 0.1) is 5.92 Å². The van der Waals surface area contributed by atoms with Crippen LogP contribution in [0.3, 0.4) is 0 Å². The van der Waals surface area contributed by atoms with Gasteiger partial charge in [0, 0.05) is 12.1 Å². The fourth-order valence-corrected chi connectivity index (χ4v) is 2.58. The topological polar surface area (TPSA) is 29.3 Å². The normalized spacial score (nSPS) is 42.5. The minimum atomic E-state index is 0.505. The van der Waals surface area contributed by atoms with Crippen LogP contribution in [-0.2, 0) is 0 Å². The molecule has 1 heterocycles. The summed E-state index contributed by atoms with van der Waals surface area (Å²) in [4.78, 5) is 2.67. The molecule has 0 radical (unpaired) electrons. The molecule has 0 aromatic rings. The molecule has 1 saturated carbocycles. The minimum Gasteiger partial charge on any atom is -0.328 e. The summed E-state index contributed by atoms with van der Waals surface area (Å²) in [6.45, 7) is 5.02. The average Bonchev–Trinajstić information content (AvgIpc) is 2.25. The highest BCUT2D eigenvalue weighted by molar-refractivity contribution is 4.90. The van der Waals surface area contributed by atoms with Crippen molar-refractivity contribution < 1.29 is 0 Å². The molecule has 1 atom stereocenters. The average molecular weight is 182 g/mol. The van der Waals surface area contributed by atoms with Crippen LogP contribution >= 0.6 is 0 Å². The zero-order valence-electron chi connectivity index (χ0n) is 8.71. The molecule has 1 aliphatic carbocycles. The molecule has 1 saturated heterocycles. The number of rotatable bonds is 1. The predicted octanol–water partition coefficient (Wildman–Crippen LogP) is 1.60. The van der Waals surface area contributed by atoms with E-state index in [1.165, 1.54) is 45.2 Å². The van der Waals surface area contributed by atoms with E-state index in [1.54, 1.807) is 0 Å². The molecule has 2 aliphatic rings. The molecule has 1 unspecified atom stereocenters. The first-order valence-corrected chi connectivity index (χ1v) is 5.75. The molecule has 76 valence electrons. The highest BCUT2D eigenvalue weighted by Crippen LogP contribution is 2.27. The van der Waals surface area contributed by atoms with E-state index in [0.29, 0.717) is 6.04 Å². The van der Waals surface area contributed by atoms with Crippen molar-refractivity contribution in [1.29, 1.82) is 0 Å². The lowest BCUT2D eigenvalue weighted by molar-refractivity contribution is 0.113. The molecule has 0 aromatic heterocycles. The van der Waals surface area contributed by atoms with Gasteiger partial charge < -0.3 is 10.6 Å². The van der Waals surface area contributed by atoms with E-state index < -0.39 is 0 Å². The van der Waals surface area contributed by atoms with Crippen molar-refractivity contribution in [3.8, 4) is 0 Å². The van der Waals surface area contributed by atoms with Crippen LogP contribution in [0.4, 0.5) is 0 Å². The Hall–Kier alpha value is -0.0800. The van der Waals surface area contributed by atoms with E-state index in [-0.39, 0.29) is 0 Å². The van der Waals surface area contributed by atoms with Crippen molar-refractivity contribution in [2.24, 2.45) is 11.7 Å². The monoisotopic (exact) mass is 182 g/mol. The van der Waals surface area contributed by atoms with Crippen molar-refractivity contribution in [2.75, 3.05) is 13.1 Å². The molecular weight excluding hydrogens is 160 g/mol. The van der Waals surface area contributed by atoms with Crippen LogP contribution in [-0.4, -0.2) is 30.1 Å². The number of likely N-dealkylation sites (tertiary alicyclic amines) is 1. The lowest BCUT2D eigenvalue weighted by Gasteiger charge is -2.41. The third-order valence-electron chi connectivity index (χ3n) is 3.72. The Morgan fingerprint density at radius 1 is 1.15 bits per heavy atom. The van der Waals surface area contributed by atoms with E-state index in [1.807, 2.05) is 0 Å². The second-order valence-corrected chi connectivity index (χ2v) is 4.96. The standard InChI is InChI=1S/C11H22N2/c1-9-3-2-5-13(6-4-9)11-7-10(12)8-11/h9-11H,2-8,12H2,1H3. The van der Waals surface area contributed by atoms with Gasteiger partial charge in [-0.25, -0.2) is 0 Å². The van der Waals surface area contributed by atoms with Gasteiger partial charge in [0.25, 0.3) is 0 Å². The van der Waals surface area contributed by atoms with E-state index >= 15 is 0 Å². The highest BCUT2D eigenvalue weighted by Gasteiger charge is 2.31. The van der Waals surface area contributed by atoms with E-state index in [0.717, 1.165) is 12.0 Å². The first kappa shape index (κ1) is 9.47. The fraction of sp³-hybridized carbons (Fsp3) is 1.00. The second-order valence-electron chi connectivity index (χ2n) is 4.96. The largest absolute Gasteiger partial charge is 0.328 e. The maximum absolute atomic E-state index is 5.82. The molecule has 0 spiro atoms. The van der Waals surface area contributed by atoms with Crippen LogP contribution in [0.25, 0.3) is 0 Å². The third kappa shape index (κ3) is 2.23. The van der Waals surface area contributed by atoms with Crippen LogP contribution in [0.5, 0.6) is 0 Å². The number of nitrogens with two attached hydrogens (primary N) is 1. The number of hydrogen-bond acceptors (Lipinski definition) is 2. The van der Waals surface area contributed by atoms with E-state index in [4.69, 9.17) is 5.73 Å². The zero-order valence-corrected chi connectivity index (χ0v) is 8.71. The highest BCUT2D eigenvalue weighted by atomic mass is 15.2. The van der Waals surface area contributed by atoms with Gasteiger partial charge in [-0.2, -0.15) is 0 Å². The summed E-state index contributed by atoms with van der Waals surface area (Å²) in [6, 6.07) is 1.34. The molecule has 2 nitrogen and oxygen atoms in total. The Labute approximate surface area is 81.5 Å². The second kappa shape index (κ2) is 3.97. The van der Waals surface area contributed by atoms with Crippen molar-refractivity contribution in [2.45, 2.75) is 51.1 Å². The Morgan fingerprint density at radius 3 is 2.62 bits per heavy atom. The quantitative estimate of drug-likeness (QED) is 0.667. The van der Waals surface area contributed by atoms with E-state index in [2.05, 4.69) is 11.8 Å². The SMILES string of the molecule is CC1CCCN(C2CC(N)C2)CC1. The van der Waals surface area contributed by atoms with Gasteiger partial charge in [0.1, 0.15) is 0 Å². The number of nitrogens with zero attached hydrogens (tertiary/aromatic N) is 1. The fourth-order valence-electron chi connectivity index (χ4n) is 2.58. The van der Waals surface area contributed by atoms with Gasteiger partial charge >= 0.3 is 0 Å². The molecular formula is C11H22N2. The zero-order chi connectivity index (χ0) is 9.26. The smallest absolute Gasteiger partial charge is 0.0125 e. The maximum Gasteiger partial charge on any atom is 0.0125 e. The molecule has 0 aromatic carbocycles. The summed E-state index contributed by atoms with van der Waals surface area (Å²) in [7, 11) is 0. The van der Waals surface area contributed by atoms with Crippen LogP contribution in [0.1, 0.15) is 39.0 Å². The molecule has 1 aliphatic heterocycles. The molecule has 0 amide bonds. The Kier molecular flexibility index (Phi) is 2.89. The van der Waals surface area contributed by atoms with Crippen LogP contribution < -0.4 is 5.73 Å². The first-order chi connectivity index (χ1) is 6.25. The van der Waals surface area contributed by atoms with Gasteiger partial charge in [0.05, 0.1) is 0 Å². The summed E-state index contributed by atoms with van der Waals surface area (Å²) >= 11 is 0. The molecule has 0 bridgehead atoms. The van der Waals surface area contributed by atoms with Crippen LogP contribution in [0.2, 0.25) is 0 Å². The van der Waals surface area contributed by atoms with Crippen molar-refractivity contribution >= 4 is 0 Å². The van der Waals surface area contributed by atoms with E-state index in [9.17, 15) is 0 Å². The van der Waals surface area contributed by atoms with Crippen molar-refractivity contribution in [3.63, 3.8) is 0 Å². The first-order valence-electron chi connectivity index (χ1n) is 5.75. The van der Waals surface area contributed by atoms with Gasteiger partial charge in [-0.1, -0.05) is 6.92 Å². The maximum atomic E-state index is 5.82. The minimum absolute atomic E-state index is 0.505. The molecule has 2 N–H and O–H groups in total. The van der Waals surface area contributed by atoms with Gasteiger partial charge in [-0.05, 0) is 51.1 Å². The van der Waals surface area contributed by atoms with Gasteiger partial charge in [0.2, 0.25) is 0 Å². The lowest BCUT2D eigenvalue weighted by atomic mass is 9.86. The third-order valence-corrected chi connectivity index (χ3v) is 3.72. The lowest BCUT2D eigenvalue weighted by Crippen LogP contribution is -2.50. The summed E-state index contributed by atoms with van der Waals surface area (Å²) in [6.07, 6.45) is 6.71.